The molecule has 0 aliphatic carbocycles. The highest BCUT2D eigenvalue weighted by atomic mass is 16.5. The summed E-state index contributed by atoms with van der Waals surface area (Å²) in [5, 5.41) is 20.3. The van der Waals surface area contributed by atoms with Gasteiger partial charge in [-0.3, -0.25) is 9.59 Å². The summed E-state index contributed by atoms with van der Waals surface area (Å²) in [4.78, 5) is 33.5. The molecule has 0 heterocycles. The molecule has 1 unspecified atom stereocenters. The Morgan fingerprint density at radius 1 is 1.26 bits per heavy atom. The Bertz CT molecular complexity index is 328. The summed E-state index contributed by atoms with van der Waals surface area (Å²) in [7, 11) is 0. The van der Waals surface area contributed by atoms with Gasteiger partial charge in [0.2, 0.25) is 5.91 Å². The lowest BCUT2D eigenvalue weighted by molar-refractivity contribution is -0.150. The fourth-order valence-corrected chi connectivity index (χ4v) is 1.37. The van der Waals surface area contributed by atoms with E-state index in [0.717, 1.165) is 0 Å². The number of esters is 1. The van der Waals surface area contributed by atoms with Crippen LogP contribution in [0.4, 0.5) is 0 Å². The summed E-state index contributed by atoms with van der Waals surface area (Å²) in [5.41, 5.74) is 0. The number of carboxylic acid groups (broad SMARTS) is 1. The van der Waals surface area contributed by atoms with Crippen LogP contribution in [0.5, 0.6) is 0 Å². The lowest BCUT2D eigenvalue weighted by Gasteiger charge is -2.21. The van der Waals surface area contributed by atoms with Gasteiger partial charge in [-0.05, 0) is 19.3 Å². The smallest absolute Gasteiger partial charge is 0.328 e. The number of ether oxygens (including phenoxy) is 1. The van der Waals surface area contributed by atoms with Crippen LogP contribution >= 0.6 is 0 Å². The third-order valence-corrected chi connectivity index (χ3v) is 2.44. The quantitative estimate of drug-likeness (QED) is 0.534. The molecule has 0 radical (unpaired) electrons. The molecule has 0 aliphatic heterocycles. The van der Waals surface area contributed by atoms with E-state index in [2.05, 4.69) is 5.32 Å². The molecule has 0 bridgehead atoms. The standard InChI is InChI=1S/C12H21NO6/c1-4-19-12(18)10(7(2)3)13-11(17)8(14)5-6-9(15)16/h7-8,10,14H,4-6H2,1-3H3,(H,13,17)(H,15,16)/t8-,10?/m1/s1. The predicted molar refractivity (Wildman–Crippen MR) is 66.3 cm³/mol. The van der Waals surface area contributed by atoms with Gasteiger partial charge in [0.15, 0.2) is 0 Å². The summed E-state index contributed by atoms with van der Waals surface area (Å²) < 4.78 is 4.81. The zero-order chi connectivity index (χ0) is 15.0. The Morgan fingerprint density at radius 3 is 2.26 bits per heavy atom. The SMILES string of the molecule is CCOC(=O)C(NC(=O)[C@H](O)CCC(=O)O)C(C)C. The van der Waals surface area contributed by atoms with Crippen LogP contribution in [-0.4, -0.2) is 46.8 Å². The lowest BCUT2D eigenvalue weighted by atomic mass is 10.0. The van der Waals surface area contributed by atoms with E-state index in [1.807, 2.05) is 0 Å². The van der Waals surface area contributed by atoms with Crippen molar-refractivity contribution in [3.63, 3.8) is 0 Å². The van der Waals surface area contributed by atoms with Crippen molar-refractivity contribution in [3.8, 4) is 0 Å². The molecule has 0 rings (SSSR count). The Kier molecular flexibility index (Phi) is 7.74. The number of rotatable bonds is 8. The van der Waals surface area contributed by atoms with Gasteiger partial charge in [0.05, 0.1) is 6.61 Å². The van der Waals surface area contributed by atoms with Gasteiger partial charge in [0.1, 0.15) is 12.1 Å². The summed E-state index contributed by atoms with van der Waals surface area (Å²) in [6.07, 6.45) is -1.97. The zero-order valence-electron chi connectivity index (χ0n) is 11.4. The normalized spacial score (nSPS) is 13.7. The van der Waals surface area contributed by atoms with E-state index in [9.17, 15) is 19.5 Å². The summed E-state index contributed by atoms with van der Waals surface area (Å²) in [6, 6.07) is -0.855. The molecule has 0 aromatic heterocycles. The van der Waals surface area contributed by atoms with Gasteiger partial charge in [0, 0.05) is 6.42 Å². The maximum atomic E-state index is 11.6. The van der Waals surface area contributed by atoms with Crippen molar-refractivity contribution in [2.75, 3.05) is 6.61 Å². The second-order valence-electron chi connectivity index (χ2n) is 4.43. The Hall–Kier alpha value is -1.63. The third-order valence-electron chi connectivity index (χ3n) is 2.44. The maximum absolute atomic E-state index is 11.6. The van der Waals surface area contributed by atoms with E-state index in [0.29, 0.717) is 0 Å². The number of aliphatic carboxylic acids is 1. The minimum Gasteiger partial charge on any atom is -0.481 e. The molecule has 0 aliphatic rings. The molecule has 3 N–H and O–H groups in total. The highest BCUT2D eigenvalue weighted by Gasteiger charge is 2.28. The van der Waals surface area contributed by atoms with E-state index in [1.165, 1.54) is 0 Å². The van der Waals surface area contributed by atoms with Crippen LogP contribution in [0, 0.1) is 5.92 Å². The largest absolute Gasteiger partial charge is 0.481 e. The molecule has 0 saturated heterocycles. The van der Waals surface area contributed by atoms with Gasteiger partial charge in [-0.15, -0.1) is 0 Å². The third kappa shape index (κ3) is 6.76. The van der Waals surface area contributed by atoms with Crippen LogP contribution in [0.25, 0.3) is 0 Å². The van der Waals surface area contributed by atoms with Crippen LogP contribution in [-0.2, 0) is 19.1 Å². The molecule has 110 valence electrons. The van der Waals surface area contributed by atoms with Crippen LogP contribution in [0.2, 0.25) is 0 Å². The Labute approximate surface area is 111 Å². The number of hydrogen-bond acceptors (Lipinski definition) is 5. The van der Waals surface area contributed by atoms with Gasteiger partial charge in [0.25, 0.3) is 0 Å². The fourth-order valence-electron chi connectivity index (χ4n) is 1.37. The average Bonchev–Trinajstić information content (AvgIpc) is 2.32. The molecule has 0 saturated carbocycles. The number of carbonyl (C=O) groups is 3. The summed E-state index contributed by atoms with van der Waals surface area (Å²) in [5.74, 6) is -2.64. The first-order valence-corrected chi connectivity index (χ1v) is 6.16. The van der Waals surface area contributed by atoms with Crippen molar-refractivity contribution in [1.29, 1.82) is 0 Å². The summed E-state index contributed by atoms with van der Waals surface area (Å²) in [6.45, 7) is 5.30. The minimum absolute atomic E-state index is 0.194. The van der Waals surface area contributed by atoms with Crippen molar-refractivity contribution in [1.82, 2.24) is 5.32 Å². The van der Waals surface area contributed by atoms with Crippen molar-refractivity contribution >= 4 is 17.8 Å². The number of hydrogen-bond donors (Lipinski definition) is 3. The minimum atomic E-state index is -1.45. The van der Waals surface area contributed by atoms with E-state index in [-0.39, 0.29) is 25.4 Å². The Morgan fingerprint density at radius 2 is 1.84 bits per heavy atom. The van der Waals surface area contributed by atoms with Gasteiger partial charge in [-0.25, -0.2) is 4.79 Å². The number of aliphatic hydroxyl groups excluding tert-OH is 1. The molecule has 19 heavy (non-hydrogen) atoms. The molecule has 0 aromatic rings. The first-order chi connectivity index (χ1) is 8.79. The first kappa shape index (κ1) is 17.4. The second-order valence-corrected chi connectivity index (χ2v) is 4.43. The topological polar surface area (TPSA) is 113 Å². The van der Waals surface area contributed by atoms with Gasteiger partial charge >= 0.3 is 11.9 Å². The predicted octanol–water partition coefficient (Wildman–Crippen LogP) is -0.0840. The van der Waals surface area contributed by atoms with Gasteiger partial charge < -0.3 is 20.3 Å². The average molecular weight is 275 g/mol. The molecule has 1 amide bonds. The van der Waals surface area contributed by atoms with Crippen molar-refractivity contribution in [2.45, 2.75) is 45.8 Å². The molecule has 0 aromatic carbocycles. The monoisotopic (exact) mass is 275 g/mol. The van der Waals surface area contributed by atoms with E-state index >= 15 is 0 Å². The molecule has 7 heteroatoms. The lowest BCUT2D eigenvalue weighted by Crippen LogP contribution is -2.49. The number of carbonyl (C=O) groups excluding carboxylic acids is 2. The molecular weight excluding hydrogens is 254 g/mol. The molecule has 0 fully saturated rings. The molecule has 0 spiro atoms. The maximum Gasteiger partial charge on any atom is 0.328 e. The van der Waals surface area contributed by atoms with Crippen molar-refractivity contribution in [3.05, 3.63) is 0 Å². The molecule has 2 atom stereocenters. The fraction of sp³-hybridized carbons (Fsp3) is 0.750. The highest BCUT2D eigenvalue weighted by molar-refractivity contribution is 5.87. The van der Waals surface area contributed by atoms with E-state index in [4.69, 9.17) is 9.84 Å². The number of amides is 1. The Balaban J connectivity index is 4.46. The van der Waals surface area contributed by atoms with Crippen LogP contribution in [0.1, 0.15) is 33.6 Å². The van der Waals surface area contributed by atoms with E-state index < -0.39 is 30.0 Å². The highest BCUT2D eigenvalue weighted by Crippen LogP contribution is 2.06. The zero-order valence-corrected chi connectivity index (χ0v) is 11.4. The van der Waals surface area contributed by atoms with Gasteiger partial charge in [-0.1, -0.05) is 13.8 Å². The number of aliphatic hydroxyl groups is 1. The van der Waals surface area contributed by atoms with E-state index in [1.54, 1.807) is 20.8 Å². The van der Waals surface area contributed by atoms with Crippen LogP contribution in [0.3, 0.4) is 0 Å². The van der Waals surface area contributed by atoms with Crippen LogP contribution in [0.15, 0.2) is 0 Å². The van der Waals surface area contributed by atoms with Crippen LogP contribution < -0.4 is 5.32 Å². The van der Waals surface area contributed by atoms with Crippen molar-refractivity contribution < 1.29 is 29.3 Å². The molecule has 7 nitrogen and oxygen atoms in total. The number of nitrogens with one attached hydrogen (secondary N) is 1. The first-order valence-electron chi connectivity index (χ1n) is 6.16. The number of carboxylic acids is 1. The van der Waals surface area contributed by atoms with Gasteiger partial charge in [-0.2, -0.15) is 0 Å². The summed E-state index contributed by atoms with van der Waals surface area (Å²) >= 11 is 0. The van der Waals surface area contributed by atoms with Crippen molar-refractivity contribution in [2.24, 2.45) is 5.92 Å². The molecular formula is C12H21NO6. The second kappa shape index (κ2) is 8.47.